The summed E-state index contributed by atoms with van der Waals surface area (Å²) in [6.45, 7) is 29.2. The number of nitrogens with zero attached hydrogens (tertiary/aromatic N) is 13. The lowest BCUT2D eigenvalue weighted by Crippen LogP contribution is -2.33. The van der Waals surface area contributed by atoms with Gasteiger partial charge in [-0.25, -0.2) is 33.4 Å². The number of aromatic nitrogens is 14. The van der Waals surface area contributed by atoms with Crippen molar-refractivity contribution in [1.82, 2.24) is 82.8 Å². The zero-order valence-corrected chi connectivity index (χ0v) is 74.8. The van der Waals surface area contributed by atoms with Crippen LogP contribution in [0.25, 0.3) is 33.5 Å². The van der Waals surface area contributed by atoms with Gasteiger partial charge in [0.15, 0.2) is 45.0 Å². The number of anilines is 3. The molecule has 0 radical (unpaired) electrons. The van der Waals surface area contributed by atoms with Gasteiger partial charge in [0.25, 0.3) is 22.2 Å². The number of H-pyrrole nitrogens is 4. The normalized spacial score (nSPS) is 22.5. The number of benzene rings is 3. The number of aliphatic hydroxyl groups is 1. The summed E-state index contributed by atoms with van der Waals surface area (Å²) < 4.78 is 125. The predicted molar refractivity (Wildman–Crippen MR) is 464 cm³/mol. The number of fused-ring (bicyclic) bond motifs is 3. The summed E-state index contributed by atoms with van der Waals surface area (Å²) >= 11 is 0. The number of phosphoric acid groups is 3. The van der Waals surface area contributed by atoms with Gasteiger partial charge in [0, 0.05) is 37.4 Å². The van der Waals surface area contributed by atoms with Crippen molar-refractivity contribution in [2.24, 2.45) is 0 Å². The SMILES string of the molecule is CCN(CC)CC.CCN(CC)CC.CCN(CC)CC.Cc1cn([C@H]2C[C@H](OP(=O)(O)OC[C@H]3O[C@@H](n4cnc5c(=O)[nH]c(N)nc54)C[C@@H]3OP(=O)(O)OC[C@H]3O[C@@H](n4cnc5c(=O)[nH]c(N)nc54)C[C@@H]3OP(=O)(O)OC[C@H]3O[C@@H](n4cnc5c(=O)[nH]c(N)nc54)C[C@@H]3O)[C@@H](COCc3ccc(OCc4ccccc4)c(OCc4ccccc4)c3)O2)c(=O)[nH]c1=O. The van der Waals surface area contributed by atoms with Gasteiger partial charge >= 0.3 is 29.2 Å². The molecule has 7 aromatic heterocycles. The van der Waals surface area contributed by atoms with E-state index >= 15 is 0 Å². The highest BCUT2D eigenvalue weighted by molar-refractivity contribution is 7.48. The van der Waals surface area contributed by atoms with Crippen LogP contribution in [0.1, 0.15) is 135 Å². The number of ether oxygens (including phenoxy) is 7. The number of hydrogen-bond donors (Lipinski definition) is 11. The summed E-state index contributed by atoms with van der Waals surface area (Å²) in [7, 11) is -16.1. The molecule has 3 unspecified atom stereocenters. The van der Waals surface area contributed by atoms with Gasteiger partial charge in [0.05, 0.1) is 58.1 Å². The second kappa shape index (κ2) is 45.1. The summed E-state index contributed by atoms with van der Waals surface area (Å²) in [5.41, 5.74) is 15.8. The summed E-state index contributed by atoms with van der Waals surface area (Å²) in [6.07, 6.45) is -13.0. The van der Waals surface area contributed by atoms with Crippen molar-refractivity contribution in [2.75, 3.05) is 103 Å². The molecule has 4 fully saturated rings. The molecule has 45 nitrogen and oxygen atoms in total. The number of imidazole rings is 3. The van der Waals surface area contributed by atoms with Crippen molar-refractivity contribution < 1.29 is 93.8 Å². The topological polar surface area (TPSA) is 585 Å². The van der Waals surface area contributed by atoms with Crippen LogP contribution in [0.5, 0.6) is 11.5 Å². The molecule has 4 aliphatic rings. The Morgan fingerprint density at radius 1 is 0.433 bits per heavy atom. The lowest BCUT2D eigenvalue weighted by molar-refractivity contribution is -0.0711. The molecule has 0 amide bonds. The van der Waals surface area contributed by atoms with Crippen molar-refractivity contribution in [3.05, 3.63) is 178 Å². The number of aryl methyl sites for hydroxylation is 1. The van der Waals surface area contributed by atoms with E-state index in [9.17, 15) is 57.5 Å². The minimum Gasteiger partial charge on any atom is -0.485 e. The predicted octanol–water partition coefficient (Wildman–Crippen LogP) is 6.43. The second-order valence-electron chi connectivity index (χ2n) is 29.8. The number of nitrogens with one attached hydrogen (secondary N) is 4. The third-order valence-electron chi connectivity index (χ3n) is 21.6. The van der Waals surface area contributed by atoms with Crippen molar-refractivity contribution in [3.63, 3.8) is 0 Å². The highest BCUT2D eigenvalue weighted by Crippen LogP contribution is 2.54. The average molecular weight is 1840 g/mol. The van der Waals surface area contributed by atoms with Gasteiger partial charge < -0.3 is 84.8 Å². The Morgan fingerprint density at radius 2 is 0.780 bits per heavy atom. The van der Waals surface area contributed by atoms with Crippen LogP contribution in [-0.2, 0) is 84.3 Å². The molecule has 3 aromatic carbocycles. The molecule has 4 aliphatic heterocycles. The summed E-state index contributed by atoms with van der Waals surface area (Å²) in [6, 6.07) is 24.2. The van der Waals surface area contributed by atoms with Crippen molar-refractivity contribution >= 4 is 74.8 Å². The standard InChI is InChI=1S/C61H68N17O25P3.3C6H15N/c1-30-19-75(61(84)74-54(30)80)45-16-37(41(98-45)23-91-20-33-12-13-35(92-21-31-8-4-2-5-9-31)36(14-33)93-22-32-10-6-3-7-11-32)101-105(87,88)95-25-43-39(18-47(100-43)78-29-67-50-53(78)70-60(64)73-57(50)83)103-106(89,90)96-26-42-38(17-46(99-42)77-28-66-49-52(77)69-59(63)72-56(49)82)102-104(85,86)94-24-40-34(79)15-44(97-40)76-27-65-48-51(76)68-58(62)71-55(48)81;3*1-4-7(5-2)6-3/h2-14,19,27-29,34,37-47,79H,15-18,20-26H2,1H3,(H,85,86)(H,87,88)(H,89,90)(H,74,80,84)(H3,62,68,71,81)(H3,63,69,72,82)(H3,64,70,73,83);3*4-6H2,1-3H3/t34-,37-,38-,39-,40+,41+,42+,43+,44+,45+,46+,47+;;;/m0.../s1. The maximum Gasteiger partial charge on any atom is 0.472 e. The number of rotatable bonds is 38. The molecule has 48 heteroatoms. The van der Waals surface area contributed by atoms with Crippen LogP contribution >= 0.6 is 23.5 Å². The van der Waals surface area contributed by atoms with Crippen molar-refractivity contribution in [1.29, 1.82) is 0 Å². The first-order valence-corrected chi connectivity index (χ1v) is 46.2. The molecular weight excluding hydrogens is 1720 g/mol. The molecule has 0 saturated carbocycles. The number of nitrogens with two attached hydrogens (primary N) is 3. The molecule has 14 N–H and O–H groups in total. The Morgan fingerprint density at radius 3 is 1.16 bits per heavy atom. The molecule has 0 bridgehead atoms. The fraction of sp³-hybridized carbons (Fsp3) is 0.532. The lowest BCUT2D eigenvalue weighted by Gasteiger charge is -2.25. The highest BCUT2D eigenvalue weighted by atomic mass is 31.2. The quantitative estimate of drug-likeness (QED) is 0.0186. The number of aliphatic hydroxyl groups excluding tert-OH is 1. The van der Waals surface area contributed by atoms with Crippen LogP contribution in [0.3, 0.4) is 0 Å². The van der Waals surface area contributed by atoms with Crippen molar-refractivity contribution in [3.8, 4) is 11.5 Å². The van der Waals surface area contributed by atoms with E-state index in [2.05, 4.69) is 127 Å². The van der Waals surface area contributed by atoms with E-state index in [4.69, 9.17) is 77.5 Å². The fourth-order valence-corrected chi connectivity index (χ4v) is 17.3. The maximum atomic E-state index is 14.4. The van der Waals surface area contributed by atoms with Crippen LogP contribution in [0.2, 0.25) is 0 Å². The molecule has 11 heterocycles. The van der Waals surface area contributed by atoms with Gasteiger partial charge in [0.1, 0.15) is 80.9 Å². The number of nitrogen functional groups attached to an aromatic ring is 3. The first kappa shape index (κ1) is 98.0. The highest BCUT2D eigenvalue weighted by Gasteiger charge is 2.49. The van der Waals surface area contributed by atoms with E-state index in [1.165, 1.54) is 92.1 Å². The van der Waals surface area contributed by atoms with Gasteiger partial charge in [-0.05, 0) is 94.6 Å². The molecule has 127 heavy (non-hydrogen) atoms. The summed E-state index contributed by atoms with van der Waals surface area (Å²) in [5.74, 6) is -0.00783. The van der Waals surface area contributed by atoms with E-state index in [-0.39, 0.29) is 96.2 Å². The van der Waals surface area contributed by atoms with E-state index in [1.54, 1.807) is 18.2 Å². The third kappa shape index (κ3) is 26.1. The van der Waals surface area contributed by atoms with Gasteiger partial charge in [0.2, 0.25) is 17.8 Å². The minimum atomic E-state index is -5.48. The Kier molecular flexibility index (Phi) is 34.8. The Balaban J connectivity index is 0.000000664. The van der Waals surface area contributed by atoms with Gasteiger partial charge in [-0.15, -0.1) is 0 Å². The number of phosphoric ester groups is 3. The molecular formula is C79H113N20O25P3. The number of aromatic amines is 4. The molecule has 15 atom stereocenters. The zero-order chi connectivity index (χ0) is 91.4. The molecule has 0 aliphatic carbocycles. The maximum absolute atomic E-state index is 14.4. The minimum absolute atomic E-state index is 0.0259. The molecule has 14 rings (SSSR count). The Labute approximate surface area is 728 Å². The van der Waals surface area contributed by atoms with Gasteiger partial charge in [-0.1, -0.05) is 129 Å². The molecule has 4 saturated heterocycles. The van der Waals surface area contributed by atoms with E-state index in [1.807, 2.05) is 60.7 Å². The summed E-state index contributed by atoms with van der Waals surface area (Å²) in [4.78, 5) is 139. The largest absolute Gasteiger partial charge is 0.485 e. The molecule has 0 spiro atoms. The summed E-state index contributed by atoms with van der Waals surface area (Å²) in [5, 5.41) is 11.0. The van der Waals surface area contributed by atoms with Crippen LogP contribution in [-0.4, -0.2) is 237 Å². The number of hydrogen-bond acceptors (Lipinski definition) is 34. The Hall–Kier alpha value is -9.64. The first-order chi connectivity index (χ1) is 60.8. The molecule has 694 valence electrons. The fourth-order valence-electron chi connectivity index (χ4n) is 14.5. The van der Waals surface area contributed by atoms with E-state index < -0.39 is 158 Å². The third-order valence-corrected chi connectivity index (χ3v) is 24.6. The second-order valence-corrected chi connectivity index (χ2v) is 34.0. The van der Waals surface area contributed by atoms with Crippen molar-refractivity contribution in [2.45, 2.75) is 188 Å². The van der Waals surface area contributed by atoms with E-state index in [0.29, 0.717) is 17.1 Å². The monoisotopic (exact) mass is 1830 g/mol. The smallest absolute Gasteiger partial charge is 0.472 e. The Bertz CT molecular complexity index is 5670. The van der Waals surface area contributed by atoms with Crippen LogP contribution in [0, 0.1) is 6.92 Å². The average Bonchev–Trinajstić information content (AvgIpc) is 1.63. The van der Waals surface area contributed by atoms with Gasteiger partial charge in [-0.2, -0.15) is 15.0 Å². The van der Waals surface area contributed by atoms with E-state index in [0.717, 1.165) is 28.3 Å². The van der Waals surface area contributed by atoms with Crippen LogP contribution in [0.4, 0.5) is 17.8 Å². The van der Waals surface area contributed by atoms with Crippen LogP contribution in [0.15, 0.2) is 128 Å². The molecule has 10 aromatic rings. The lowest BCUT2D eigenvalue weighted by atomic mass is 10.2. The van der Waals surface area contributed by atoms with Crippen LogP contribution < -0.4 is 54.6 Å². The van der Waals surface area contributed by atoms with Gasteiger partial charge in [-0.3, -0.25) is 84.5 Å². The zero-order valence-electron chi connectivity index (χ0n) is 72.1. The first-order valence-electron chi connectivity index (χ1n) is 41.8.